The van der Waals surface area contributed by atoms with Crippen LogP contribution < -0.4 is 10.7 Å². The van der Waals surface area contributed by atoms with Gasteiger partial charge in [-0.15, -0.1) is 0 Å². The average molecular weight is 359 g/mol. The summed E-state index contributed by atoms with van der Waals surface area (Å²) in [4.78, 5) is 29.2. The van der Waals surface area contributed by atoms with Crippen LogP contribution in [0.1, 0.15) is 32.6 Å². The van der Waals surface area contributed by atoms with Gasteiger partial charge in [0.15, 0.2) is 6.17 Å². The lowest BCUT2D eigenvalue weighted by molar-refractivity contribution is -0.151. The van der Waals surface area contributed by atoms with Crippen LogP contribution in [0.15, 0.2) is 29.4 Å². The molecule has 2 heterocycles. The first-order valence-electron chi connectivity index (χ1n) is 8.98. The van der Waals surface area contributed by atoms with Crippen molar-refractivity contribution >= 4 is 23.3 Å². The van der Waals surface area contributed by atoms with Crippen molar-refractivity contribution in [3.63, 3.8) is 0 Å². The molecule has 1 aromatic carbocycles. The molecular weight excluding hydrogens is 337 g/mol. The molecule has 0 radical (unpaired) electrons. The molecule has 8 heteroatoms. The Balaban J connectivity index is 1.51. The minimum atomic E-state index is -0.531. The van der Waals surface area contributed by atoms with Gasteiger partial charge in [-0.3, -0.25) is 15.0 Å². The fraction of sp³-hybridized carbons (Fsp3) is 0.500. The molecule has 7 nitrogen and oxygen atoms in total. The molecule has 3 aliphatic rings. The maximum Gasteiger partial charge on any atom is 0.268 e. The van der Waals surface area contributed by atoms with E-state index < -0.39 is 12.0 Å². The molecular formula is C18H22FN5O2. The number of carbonyl (C=O) groups excluding carboxylic acids is 2. The number of anilines is 1. The van der Waals surface area contributed by atoms with Gasteiger partial charge in [-0.2, -0.15) is 5.10 Å². The maximum atomic E-state index is 13.3. The Kier molecular flexibility index (Phi) is 4.26. The van der Waals surface area contributed by atoms with E-state index in [0.29, 0.717) is 5.69 Å². The van der Waals surface area contributed by atoms with Crippen molar-refractivity contribution in [3.8, 4) is 0 Å². The summed E-state index contributed by atoms with van der Waals surface area (Å²) in [5.41, 5.74) is 3.28. The molecule has 2 N–H and O–H groups in total. The predicted octanol–water partition coefficient (Wildman–Crippen LogP) is 1.48. The monoisotopic (exact) mass is 359 g/mol. The van der Waals surface area contributed by atoms with Crippen LogP contribution in [-0.4, -0.2) is 52.2 Å². The van der Waals surface area contributed by atoms with Crippen LogP contribution in [0.4, 0.5) is 10.1 Å². The summed E-state index contributed by atoms with van der Waals surface area (Å²) < 4.78 is 13.3. The molecule has 2 fully saturated rings. The van der Waals surface area contributed by atoms with Crippen LogP contribution in [0, 0.1) is 5.82 Å². The highest BCUT2D eigenvalue weighted by Crippen LogP contribution is 2.34. The lowest BCUT2D eigenvalue weighted by Gasteiger charge is -2.50. The fourth-order valence-corrected chi connectivity index (χ4v) is 4.28. The van der Waals surface area contributed by atoms with E-state index in [1.54, 1.807) is 11.0 Å². The first-order valence-corrected chi connectivity index (χ1v) is 8.98. The molecule has 1 saturated carbocycles. The van der Waals surface area contributed by atoms with Gasteiger partial charge in [0.05, 0.1) is 12.1 Å². The van der Waals surface area contributed by atoms with Crippen LogP contribution >= 0.6 is 0 Å². The Labute approximate surface area is 151 Å². The summed E-state index contributed by atoms with van der Waals surface area (Å²) >= 11 is 0. The summed E-state index contributed by atoms with van der Waals surface area (Å²) in [5.74, 6) is -0.0489. The van der Waals surface area contributed by atoms with E-state index in [1.807, 2.05) is 6.92 Å². The van der Waals surface area contributed by atoms with Crippen LogP contribution in [-0.2, 0) is 9.59 Å². The molecule has 2 aliphatic heterocycles. The van der Waals surface area contributed by atoms with E-state index in [4.69, 9.17) is 0 Å². The van der Waals surface area contributed by atoms with Crippen molar-refractivity contribution in [2.45, 2.75) is 50.9 Å². The van der Waals surface area contributed by atoms with Crippen molar-refractivity contribution in [1.29, 1.82) is 0 Å². The number of hydrazone groups is 1. The van der Waals surface area contributed by atoms with Crippen molar-refractivity contribution in [3.05, 3.63) is 30.1 Å². The largest absolute Gasteiger partial charge is 0.325 e. The first kappa shape index (κ1) is 16.8. The van der Waals surface area contributed by atoms with E-state index in [2.05, 4.69) is 20.7 Å². The van der Waals surface area contributed by atoms with Crippen molar-refractivity contribution < 1.29 is 14.0 Å². The second-order valence-corrected chi connectivity index (χ2v) is 7.04. The first-order chi connectivity index (χ1) is 12.5. The Morgan fingerprint density at radius 1 is 1.35 bits per heavy atom. The molecule has 4 rings (SSSR count). The van der Waals surface area contributed by atoms with Gasteiger partial charge in [0.2, 0.25) is 5.91 Å². The maximum absolute atomic E-state index is 13.3. The molecule has 1 saturated heterocycles. The van der Waals surface area contributed by atoms with Crippen molar-refractivity contribution in [2.75, 3.05) is 11.9 Å². The predicted molar refractivity (Wildman–Crippen MR) is 94.7 cm³/mol. The third-order valence-electron chi connectivity index (χ3n) is 5.39. The fourth-order valence-electron chi connectivity index (χ4n) is 4.28. The Morgan fingerprint density at radius 2 is 2.12 bits per heavy atom. The topological polar surface area (TPSA) is 77.0 Å². The SMILES string of the molecule is CC1=NNC2C(=O)N(CC(=O)Nc3cccc(F)c3)C3CCCCC3N12. The summed E-state index contributed by atoms with van der Waals surface area (Å²) in [6.45, 7) is 1.86. The number of amidine groups is 1. The zero-order chi connectivity index (χ0) is 18.3. The number of hydrogen-bond acceptors (Lipinski definition) is 5. The molecule has 1 aliphatic carbocycles. The molecule has 1 aromatic rings. The van der Waals surface area contributed by atoms with E-state index in [9.17, 15) is 14.0 Å². The minimum absolute atomic E-state index is 0.00388. The number of nitrogens with zero attached hydrogens (tertiary/aromatic N) is 3. The molecule has 0 bridgehead atoms. The van der Waals surface area contributed by atoms with E-state index >= 15 is 0 Å². The number of nitrogens with one attached hydrogen (secondary N) is 2. The Morgan fingerprint density at radius 3 is 2.88 bits per heavy atom. The van der Waals surface area contributed by atoms with Gasteiger partial charge in [-0.25, -0.2) is 4.39 Å². The molecule has 3 atom stereocenters. The van der Waals surface area contributed by atoms with Crippen LogP contribution in [0.25, 0.3) is 0 Å². The van der Waals surface area contributed by atoms with E-state index in [0.717, 1.165) is 31.5 Å². The van der Waals surface area contributed by atoms with Crippen molar-refractivity contribution in [1.82, 2.24) is 15.2 Å². The summed E-state index contributed by atoms with van der Waals surface area (Å²) in [5, 5.41) is 6.90. The molecule has 0 aromatic heterocycles. The van der Waals surface area contributed by atoms with E-state index in [-0.39, 0.29) is 30.4 Å². The lowest BCUT2D eigenvalue weighted by atomic mass is 9.85. The van der Waals surface area contributed by atoms with Crippen LogP contribution in [0.3, 0.4) is 0 Å². The van der Waals surface area contributed by atoms with Gasteiger partial charge >= 0.3 is 0 Å². The zero-order valence-electron chi connectivity index (χ0n) is 14.6. The number of rotatable bonds is 3. The zero-order valence-corrected chi connectivity index (χ0v) is 14.6. The number of benzene rings is 1. The third-order valence-corrected chi connectivity index (χ3v) is 5.39. The number of piperazine rings is 1. The molecule has 3 unspecified atom stereocenters. The third kappa shape index (κ3) is 2.89. The molecule has 0 spiro atoms. The highest BCUT2D eigenvalue weighted by Gasteiger charge is 2.50. The van der Waals surface area contributed by atoms with Gasteiger partial charge < -0.3 is 15.1 Å². The van der Waals surface area contributed by atoms with Gasteiger partial charge in [0.1, 0.15) is 18.2 Å². The highest BCUT2D eigenvalue weighted by molar-refractivity contribution is 5.97. The lowest BCUT2D eigenvalue weighted by Crippen LogP contribution is -2.69. The standard InChI is InChI=1S/C18H22FN5O2/c1-11-21-22-17-18(26)23(14-7-2-3-8-15(14)24(11)17)10-16(25)20-13-6-4-5-12(19)9-13/h4-6,9,14-15,17,22H,2-3,7-8,10H2,1H3,(H,20,25). The number of hydrogen-bond donors (Lipinski definition) is 2. The average Bonchev–Trinajstić information content (AvgIpc) is 3.01. The molecule has 2 amide bonds. The van der Waals surface area contributed by atoms with Crippen molar-refractivity contribution in [2.24, 2.45) is 5.10 Å². The van der Waals surface area contributed by atoms with Gasteiger partial charge in [-0.05, 0) is 38.0 Å². The van der Waals surface area contributed by atoms with Crippen LogP contribution in [0.2, 0.25) is 0 Å². The van der Waals surface area contributed by atoms with Gasteiger partial charge in [0.25, 0.3) is 5.91 Å². The normalized spacial score (nSPS) is 27.4. The number of fused-ring (bicyclic) bond motifs is 3. The summed E-state index contributed by atoms with van der Waals surface area (Å²) in [6.07, 6.45) is 3.47. The van der Waals surface area contributed by atoms with Gasteiger partial charge in [-0.1, -0.05) is 18.9 Å². The van der Waals surface area contributed by atoms with Crippen LogP contribution in [0.5, 0.6) is 0 Å². The quantitative estimate of drug-likeness (QED) is 0.857. The highest BCUT2D eigenvalue weighted by atomic mass is 19.1. The second kappa shape index (κ2) is 6.59. The number of carbonyl (C=O) groups is 2. The molecule has 26 heavy (non-hydrogen) atoms. The second-order valence-electron chi connectivity index (χ2n) is 7.04. The Hall–Kier alpha value is -2.64. The number of amides is 2. The smallest absolute Gasteiger partial charge is 0.268 e. The summed E-state index contributed by atoms with van der Waals surface area (Å²) in [7, 11) is 0. The van der Waals surface area contributed by atoms with E-state index in [1.165, 1.54) is 18.2 Å². The number of halogens is 1. The minimum Gasteiger partial charge on any atom is -0.325 e. The Bertz CT molecular complexity index is 768. The summed E-state index contributed by atoms with van der Waals surface area (Å²) in [6, 6.07) is 5.91. The molecule has 138 valence electrons. The van der Waals surface area contributed by atoms with Gasteiger partial charge in [0, 0.05) is 5.69 Å².